The van der Waals surface area contributed by atoms with Crippen molar-refractivity contribution in [2.24, 2.45) is 5.73 Å². The zero-order chi connectivity index (χ0) is 44.4. The Bertz CT molecular complexity index is 1690. The lowest BCUT2D eigenvalue weighted by Gasteiger charge is -2.44. The molecule has 19 heteroatoms. The molecule has 0 aromatic carbocycles. The van der Waals surface area contributed by atoms with E-state index in [2.05, 4.69) is 48.2 Å². The van der Waals surface area contributed by atoms with Crippen LogP contribution in [0.3, 0.4) is 0 Å². The van der Waals surface area contributed by atoms with E-state index >= 15 is 0 Å². The second-order valence-electron chi connectivity index (χ2n) is 14.8. The minimum Gasteiger partial charge on any atom is -0.453 e. The summed E-state index contributed by atoms with van der Waals surface area (Å²) in [5.74, 6) is 11.1. The van der Waals surface area contributed by atoms with Crippen LogP contribution in [-0.2, 0) is 47.5 Å². The van der Waals surface area contributed by atoms with Gasteiger partial charge in [0.1, 0.15) is 12.2 Å². The van der Waals surface area contributed by atoms with Gasteiger partial charge in [0.2, 0.25) is 5.91 Å². The molecule has 0 saturated carbocycles. The van der Waals surface area contributed by atoms with E-state index in [4.69, 9.17) is 43.6 Å². The maximum absolute atomic E-state index is 13.8. The Morgan fingerprint density at radius 3 is 2.59 bits per heavy atom. The molecule has 0 aromatic heterocycles. The minimum atomic E-state index is -1.96. The summed E-state index contributed by atoms with van der Waals surface area (Å²) in [6, 6.07) is -0.289. The van der Waals surface area contributed by atoms with Crippen molar-refractivity contribution in [2.75, 3.05) is 79.2 Å². The third-order valence-electron chi connectivity index (χ3n) is 9.93. The summed E-state index contributed by atoms with van der Waals surface area (Å²) < 4.78 is 47.1. The predicted octanol–water partition coefficient (Wildman–Crippen LogP) is 1.42. The van der Waals surface area contributed by atoms with Gasteiger partial charge in [0.05, 0.1) is 83.2 Å². The molecule has 4 aliphatic rings. The van der Waals surface area contributed by atoms with E-state index in [1.54, 1.807) is 41.7 Å². The Morgan fingerprint density at radius 1 is 1.13 bits per heavy atom. The molecule has 2 bridgehead atoms. The highest BCUT2D eigenvalue weighted by Crippen LogP contribution is 2.40. The van der Waals surface area contributed by atoms with Crippen molar-refractivity contribution >= 4 is 39.4 Å². The van der Waals surface area contributed by atoms with Gasteiger partial charge >= 0.3 is 6.09 Å². The number of alkyl carbamates (subject to hydrolysis) is 1. The van der Waals surface area contributed by atoms with Gasteiger partial charge in [-0.05, 0) is 25.6 Å². The Morgan fingerprint density at radius 2 is 1.89 bits per heavy atom. The number of aliphatic hydroxyl groups is 2. The molecule has 2 saturated heterocycles. The van der Waals surface area contributed by atoms with Crippen LogP contribution in [0.5, 0.6) is 0 Å². The summed E-state index contributed by atoms with van der Waals surface area (Å²) >= 11 is 0. The number of methoxy groups -OCH3 is 2. The van der Waals surface area contributed by atoms with Crippen molar-refractivity contribution in [1.82, 2.24) is 15.5 Å². The monoisotopic (exact) mass is 894 g/mol. The van der Waals surface area contributed by atoms with Crippen LogP contribution in [0.25, 0.3) is 0 Å². The van der Waals surface area contributed by atoms with Crippen LogP contribution in [-0.4, -0.2) is 172 Å². The quantitative estimate of drug-likeness (QED) is 0.0590. The Balaban J connectivity index is 1.54. The molecule has 4 rings (SSSR count). The van der Waals surface area contributed by atoms with Crippen LogP contribution in [0.1, 0.15) is 47.0 Å². The summed E-state index contributed by atoms with van der Waals surface area (Å²) in [5.41, 5.74) is 3.59. The number of carbonyl (C=O) groups is 3. The fourth-order valence-corrected chi connectivity index (χ4v) is 8.93. The first-order valence-corrected chi connectivity index (χ1v) is 22.9. The van der Waals surface area contributed by atoms with Crippen molar-refractivity contribution < 1.29 is 62.5 Å². The summed E-state index contributed by atoms with van der Waals surface area (Å²) in [5, 5.41) is 29.3. The number of amides is 2. The van der Waals surface area contributed by atoms with Gasteiger partial charge < -0.3 is 59.2 Å². The van der Waals surface area contributed by atoms with Crippen molar-refractivity contribution in [3.05, 3.63) is 35.1 Å². The molecule has 0 aromatic rings. The number of ether oxygens (including phenoxy) is 8. The Kier molecular flexibility index (Phi) is 21.6. The highest BCUT2D eigenvalue weighted by molar-refractivity contribution is 8.77. The fraction of sp³-hybridized carbons (Fsp3) is 0.690. The average Bonchev–Trinajstić information content (AvgIpc) is 3.22. The Labute approximate surface area is 366 Å². The highest BCUT2D eigenvalue weighted by Gasteiger charge is 2.48. The van der Waals surface area contributed by atoms with E-state index in [9.17, 15) is 24.6 Å². The van der Waals surface area contributed by atoms with E-state index < -0.39 is 67.0 Å². The van der Waals surface area contributed by atoms with Crippen LogP contribution in [0.15, 0.2) is 35.1 Å². The number of hydrogen-bond donors (Lipinski definition) is 5. The van der Waals surface area contributed by atoms with Crippen LogP contribution in [0.2, 0.25) is 0 Å². The summed E-state index contributed by atoms with van der Waals surface area (Å²) in [6.07, 6.45) is -2.78. The lowest BCUT2D eigenvalue weighted by atomic mass is 9.75. The van der Waals surface area contributed by atoms with E-state index in [0.29, 0.717) is 57.1 Å². The van der Waals surface area contributed by atoms with Crippen molar-refractivity contribution in [3.8, 4) is 23.7 Å². The number of carbonyl (C=O) groups excluding carboxylic acids is 3. The lowest BCUT2D eigenvalue weighted by Crippen LogP contribution is -2.57. The van der Waals surface area contributed by atoms with Crippen LogP contribution < -0.4 is 16.4 Å². The standard InChI is InChI=1S/C42H62N4O13S2/c1-7-46(25-35(49)44-16-18-55-20-19-54-17-15-43)30-26-56-36(23-34(30)52-5)59-39-31(47)22-28(4)57-40(39)58-33-12-10-8-9-11-14-42(51)24-32(48)38(45-41(50)53-6)37(33)29(42)13-21-60-61-27(2)3/h8-9,13,27-28,30-31,33-34,36,39-40,47,51H,7,15-26,43H2,1-6H3,(H,44,49)(H,45,50)/b9-8-,29-13+/t28-,30+,31+,33+,34+,36+,39-,40+,42+/m1/s1. The molecule has 2 aliphatic heterocycles. The van der Waals surface area contributed by atoms with Gasteiger partial charge in [0.15, 0.2) is 24.0 Å². The molecule has 17 nitrogen and oxygen atoms in total. The van der Waals surface area contributed by atoms with Gasteiger partial charge in [0, 0.05) is 55.2 Å². The fourth-order valence-electron chi connectivity index (χ4n) is 7.09. The van der Waals surface area contributed by atoms with E-state index in [-0.39, 0.29) is 54.8 Å². The molecule has 9 atom stereocenters. The molecule has 340 valence electrons. The number of fused-ring (bicyclic) bond motifs is 2. The van der Waals surface area contributed by atoms with Crippen molar-refractivity contribution in [3.63, 3.8) is 0 Å². The van der Waals surface area contributed by atoms with Crippen LogP contribution in [0, 0.1) is 23.7 Å². The molecular formula is C42H62N4O13S2. The number of nitrogens with zero attached hydrogens (tertiary/aromatic N) is 1. The lowest BCUT2D eigenvalue weighted by molar-refractivity contribution is -0.321. The van der Waals surface area contributed by atoms with Gasteiger partial charge in [-0.2, -0.15) is 0 Å². The first kappa shape index (κ1) is 50.7. The zero-order valence-electron chi connectivity index (χ0n) is 35.8. The van der Waals surface area contributed by atoms with Gasteiger partial charge in [-0.25, -0.2) is 4.79 Å². The molecule has 6 N–H and O–H groups in total. The number of likely N-dealkylation sites (N-methyl/N-ethyl adjacent to an activating group) is 1. The SMILES string of the molecule is CCN(CC(=O)NCCOCCOCCN)[C@H]1CO[C@@H](O[C@H]2[C@H](O[C@H]3C#C/C=C\C#C[C@]4(O)CC(=O)C(NC(=O)OC)=C3/C4=C\CSSC(C)C)O[C@H](C)C[C@@H]2O)C[C@@H]1OC. The first-order valence-electron chi connectivity index (χ1n) is 20.5. The summed E-state index contributed by atoms with van der Waals surface area (Å²) in [7, 11) is 5.92. The smallest absolute Gasteiger partial charge is 0.411 e. The van der Waals surface area contributed by atoms with Crippen molar-refractivity contribution in [2.45, 2.75) is 107 Å². The number of allylic oxidation sites excluding steroid dienone is 3. The molecule has 61 heavy (non-hydrogen) atoms. The average molecular weight is 895 g/mol. The maximum atomic E-state index is 13.8. The van der Waals surface area contributed by atoms with Crippen LogP contribution >= 0.6 is 21.6 Å². The molecule has 2 fully saturated rings. The summed E-state index contributed by atoms with van der Waals surface area (Å²) in [6.45, 7) is 11.1. The third kappa shape index (κ3) is 15.4. The number of nitrogens with one attached hydrogen (secondary N) is 2. The molecular weight excluding hydrogens is 833 g/mol. The number of rotatable bonds is 22. The van der Waals surface area contributed by atoms with Gasteiger partial charge in [-0.3, -0.25) is 19.8 Å². The Hall–Kier alpha value is -2.99. The number of Topliss-reactive ketones (excluding diaryl/α,β-unsaturated/α-hetero) is 1. The normalized spacial score (nSPS) is 30.0. The molecule has 0 unspecified atom stereocenters. The number of nitrogens with two attached hydrogens (primary N) is 1. The molecule has 2 aliphatic carbocycles. The summed E-state index contributed by atoms with van der Waals surface area (Å²) in [4.78, 5) is 41.3. The largest absolute Gasteiger partial charge is 0.453 e. The van der Waals surface area contributed by atoms with Crippen LogP contribution in [0.4, 0.5) is 4.79 Å². The molecule has 2 amide bonds. The molecule has 0 radical (unpaired) electrons. The zero-order valence-corrected chi connectivity index (χ0v) is 37.5. The molecule has 2 heterocycles. The first-order chi connectivity index (χ1) is 29.3. The predicted molar refractivity (Wildman–Crippen MR) is 230 cm³/mol. The number of aliphatic hydroxyl groups excluding tert-OH is 1. The van der Waals surface area contributed by atoms with E-state index in [1.165, 1.54) is 19.3 Å². The van der Waals surface area contributed by atoms with Gasteiger partial charge in [0.25, 0.3) is 0 Å². The second-order valence-corrected chi connectivity index (χ2v) is 17.8. The molecule has 0 spiro atoms. The van der Waals surface area contributed by atoms with Crippen molar-refractivity contribution in [1.29, 1.82) is 0 Å². The minimum absolute atomic E-state index is 0.0758. The van der Waals surface area contributed by atoms with Gasteiger partial charge in [-0.1, -0.05) is 72.1 Å². The van der Waals surface area contributed by atoms with E-state index in [0.717, 1.165) is 0 Å². The van der Waals surface area contributed by atoms with Gasteiger partial charge in [-0.15, -0.1) is 0 Å². The van der Waals surface area contributed by atoms with E-state index in [1.807, 2.05) is 11.8 Å². The maximum Gasteiger partial charge on any atom is 0.411 e. The number of ketones is 1. The number of hydrogen-bond acceptors (Lipinski definition) is 17. The second kappa shape index (κ2) is 26.0. The highest BCUT2D eigenvalue weighted by atomic mass is 33.1. The third-order valence-corrected chi connectivity index (χ3v) is 12.7. The topological polar surface area (TPSA) is 219 Å².